The smallest absolute Gasteiger partial charge is 0.316 e. The molecule has 10 heteroatoms. The molecule has 1 atom stereocenters. The van der Waals surface area contributed by atoms with Crippen molar-refractivity contribution >= 4 is 11.6 Å². The van der Waals surface area contributed by atoms with Gasteiger partial charge in [-0.25, -0.2) is 8.78 Å². The Kier molecular flexibility index (Phi) is 7.18. The summed E-state index contributed by atoms with van der Waals surface area (Å²) in [7, 11) is 0. The van der Waals surface area contributed by atoms with Crippen molar-refractivity contribution in [3.05, 3.63) is 82.3 Å². The summed E-state index contributed by atoms with van der Waals surface area (Å²) >= 11 is 0. The quantitative estimate of drug-likeness (QED) is 0.548. The summed E-state index contributed by atoms with van der Waals surface area (Å²) < 4.78 is 34.8. The van der Waals surface area contributed by atoms with Gasteiger partial charge in [0.1, 0.15) is 17.3 Å². The summed E-state index contributed by atoms with van der Waals surface area (Å²) in [6, 6.07) is 11.6. The van der Waals surface area contributed by atoms with E-state index in [0.717, 1.165) is 48.6 Å². The molecule has 0 spiro atoms. The lowest BCUT2D eigenvalue weighted by atomic mass is 10.1. The highest BCUT2D eigenvalue weighted by Crippen LogP contribution is 2.30. The molecule has 0 bridgehead atoms. The van der Waals surface area contributed by atoms with Crippen molar-refractivity contribution in [2.45, 2.75) is 37.9 Å². The molecule has 194 valence electrons. The van der Waals surface area contributed by atoms with Crippen molar-refractivity contribution in [1.29, 1.82) is 0 Å². The first-order valence-corrected chi connectivity index (χ1v) is 12.4. The molecule has 1 aliphatic heterocycles. The monoisotopic (exact) mass is 510 g/mol. The molecule has 2 aromatic carbocycles. The fourth-order valence-electron chi connectivity index (χ4n) is 4.90. The van der Waals surface area contributed by atoms with Crippen LogP contribution in [0.3, 0.4) is 0 Å². The van der Waals surface area contributed by atoms with Crippen LogP contribution in [0.4, 0.5) is 14.5 Å². The maximum Gasteiger partial charge on any atom is 0.316 e. The maximum atomic E-state index is 13.8. The largest absolute Gasteiger partial charge is 0.483 e. The second-order valence-corrected chi connectivity index (χ2v) is 9.35. The number of nitrogens with zero attached hydrogens (tertiary/aromatic N) is 4. The van der Waals surface area contributed by atoms with Crippen molar-refractivity contribution in [3.63, 3.8) is 0 Å². The number of anilines is 1. The third-order valence-corrected chi connectivity index (χ3v) is 6.87. The zero-order chi connectivity index (χ0) is 25.9. The van der Waals surface area contributed by atoms with E-state index in [1.807, 2.05) is 11.0 Å². The Balaban J connectivity index is 1.39. The first-order chi connectivity index (χ1) is 17.9. The summed E-state index contributed by atoms with van der Waals surface area (Å²) in [5.41, 5.74) is 0.368. The summed E-state index contributed by atoms with van der Waals surface area (Å²) in [5.74, 6) is -1.93. The first-order valence-electron chi connectivity index (χ1n) is 12.4. The number of hydrogen-bond acceptors (Lipinski definition) is 6. The van der Waals surface area contributed by atoms with E-state index in [9.17, 15) is 23.5 Å². The van der Waals surface area contributed by atoms with E-state index in [4.69, 9.17) is 4.74 Å². The summed E-state index contributed by atoms with van der Waals surface area (Å²) in [6.07, 6.45) is 3.72. The highest BCUT2D eigenvalue weighted by Gasteiger charge is 2.30. The number of benzene rings is 2. The number of piperazine rings is 1. The molecule has 2 fully saturated rings. The third kappa shape index (κ3) is 5.34. The van der Waals surface area contributed by atoms with Gasteiger partial charge in [-0.1, -0.05) is 30.3 Å². The van der Waals surface area contributed by atoms with Gasteiger partial charge in [0, 0.05) is 32.2 Å². The number of halogens is 2. The Morgan fingerprint density at radius 3 is 2.30 bits per heavy atom. The van der Waals surface area contributed by atoms with Crippen molar-refractivity contribution in [2.75, 3.05) is 31.1 Å². The number of hydrogen-bond donors (Lipinski definition) is 1. The van der Waals surface area contributed by atoms with Gasteiger partial charge in [-0.15, -0.1) is 0 Å². The lowest BCUT2D eigenvalue weighted by Gasteiger charge is -2.37. The van der Waals surface area contributed by atoms with Crippen molar-refractivity contribution in [2.24, 2.45) is 0 Å². The van der Waals surface area contributed by atoms with Crippen LogP contribution in [-0.4, -0.2) is 58.0 Å². The van der Waals surface area contributed by atoms with Crippen LogP contribution < -0.4 is 15.2 Å². The molecule has 8 nitrogen and oxygen atoms in total. The van der Waals surface area contributed by atoms with Gasteiger partial charge in [0.25, 0.3) is 5.91 Å². The molecule has 1 saturated carbocycles. The maximum absolute atomic E-state index is 13.8. The molecule has 1 saturated heterocycles. The zero-order valence-corrected chi connectivity index (χ0v) is 20.2. The van der Waals surface area contributed by atoms with Crippen LogP contribution in [-0.2, 0) is 4.79 Å². The van der Waals surface area contributed by atoms with E-state index in [-0.39, 0.29) is 23.4 Å². The molecule has 1 N–H and O–H groups in total. The van der Waals surface area contributed by atoms with Crippen molar-refractivity contribution in [1.82, 2.24) is 14.7 Å². The first kappa shape index (κ1) is 24.9. The fraction of sp³-hybridized carbons (Fsp3) is 0.370. The van der Waals surface area contributed by atoms with E-state index in [2.05, 4.69) is 5.10 Å². The molecule has 3 aromatic rings. The Morgan fingerprint density at radius 2 is 1.65 bits per heavy atom. The van der Waals surface area contributed by atoms with Gasteiger partial charge in [-0.2, -0.15) is 9.78 Å². The molecule has 37 heavy (non-hydrogen) atoms. The second kappa shape index (κ2) is 10.7. The number of aliphatic hydroxyl groups excluding tert-OH is 1. The van der Waals surface area contributed by atoms with Crippen LogP contribution in [0, 0.1) is 11.6 Å². The lowest BCUT2D eigenvalue weighted by Crippen LogP contribution is -2.50. The molecule has 5 rings (SSSR count). The summed E-state index contributed by atoms with van der Waals surface area (Å²) in [5, 5.41) is 14.7. The number of rotatable bonds is 6. The standard InChI is InChI=1S/C27H28F2N4O4/c28-19-14-20(29)16-21(15-19)33-27(36)25(37-22-8-4-5-9-22)23(17-30-33)31-10-12-32(13-11-31)26(35)24(34)18-6-2-1-3-7-18/h1-3,6-7,14-17,22,24,34H,4-5,8-13H2. The van der Waals surface area contributed by atoms with E-state index in [1.54, 1.807) is 29.2 Å². The number of aromatic nitrogens is 2. The minimum absolute atomic E-state index is 0.0318. The number of ether oxygens (including phenoxy) is 1. The van der Waals surface area contributed by atoms with E-state index >= 15 is 0 Å². The van der Waals surface area contributed by atoms with E-state index < -0.39 is 23.3 Å². The van der Waals surface area contributed by atoms with Gasteiger partial charge in [0.05, 0.1) is 18.0 Å². The van der Waals surface area contributed by atoms with Gasteiger partial charge >= 0.3 is 5.56 Å². The average molecular weight is 511 g/mol. The lowest BCUT2D eigenvalue weighted by molar-refractivity contribution is -0.140. The van der Waals surface area contributed by atoms with Crippen molar-refractivity contribution < 1.29 is 23.4 Å². The van der Waals surface area contributed by atoms with Crippen LogP contribution in [0.25, 0.3) is 5.69 Å². The molecular weight excluding hydrogens is 482 g/mol. The van der Waals surface area contributed by atoms with E-state index in [0.29, 0.717) is 37.4 Å². The summed E-state index contributed by atoms with van der Waals surface area (Å²) in [6.45, 7) is 1.47. The zero-order valence-electron chi connectivity index (χ0n) is 20.2. The van der Waals surface area contributed by atoms with Gasteiger partial charge in [0.2, 0.25) is 5.75 Å². The van der Waals surface area contributed by atoms with E-state index in [1.165, 1.54) is 6.20 Å². The van der Waals surface area contributed by atoms with Gasteiger partial charge in [-0.3, -0.25) is 9.59 Å². The Labute approximate surface area is 212 Å². The number of amides is 1. The number of carbonyl (C=O) groups is 1. The predicted molar refractivity (Wildman–Crippen MR) is 133 cm³/mol. The highest BCUT2D eigenvalue weighted by molar-refractivity contribution is 5.82. The fourth-order valence-corrected chi connectivity index (χ4v) is 4.90. The normalized spacial score (nSPS) is 17.2. The second-order valence-electron chi connectivity index (χ2n) is 9.35. The highest BCUT2D eigenvalue weighted by atomic mass is 19.1. The third-order valence-electron chi connectivity index (χ3n) is 6.87. The Morgan fingerprint density at radius 1 is 1.00 bits per heavy atom. The van der Waals surface area contributed by atoms with Gasteiger partial charge in [0.15, 0.2) is 6.10 Å². The summed E-state index contributed by atoms with van der Waals surface area (Å²) in [4.78, 5) is 29.8. The van der Waals surface area contributed by atoms with Crippen LogP contribution in [0.15, 0.2) is 59.5 Å². The van der Waals surface area contributed by atoms with Gasteiger partial charge < -0.3 is 19.6 Å². The number of aliphatic hydroxyl groups is 1. The van der Waals surface area contributed by atoms with Crippen LogP contribution >= 0.6 is 0 Å². The molecular formula is C27H28F2N4O4. The molecule has 2 heterocycles. The minimum atomic E-state index is -1.24. The molecule has 2 aliphatic rings. The SMILES string of the molecule is O=C(C(O)c1ccccc1)N1CCN(c2cnn(-c3cc(F)cc(F)c3)c(=O)c2OC2CCCC2)CC1. The van der Waals surface area contributed by atoms with Crippen LogP contribution in [0.2, 0.25) is 0 Å². The van der Waals surface area contributed by atoms with Crippen LogP contribution in [0.5, 0.6) is 5.75 Å². The average Bonchev–Trinajstić information content (AvgIpc) is 3.42. The Bertz CT molecular complexity index is 1300. The molecule has 1 aliphatic carbocycles. The minimum Gasteiger partial charge on any atom is -0.483 e. The molecule has 1 amide bonds. The molecule has 1 unspecified atom stereocenters. The van der Waals surface area contributed by atoms with Crippen LogP contribution in [0.1, 0.15) is 37.4 Å². The predicted octanol–water partition coefficient (Wildman–Crippen LogP) is 3.21. The number of carbonyl (C=O) groups excluding carboxylic acids is 1. The molecule has 0 radical (unpaired) electrons. The topological polar surface area (TPSA) is 87.9 Å². The molecule has 1 aromatic heterocycles. The van der Waals surface area contributed by atoms with Crippen molar-refractivity contribution in [3.8, 4) is 11.4 Å². The van der Waals surface area contributed by atoms with Gasteiger partial charge in [-0.05, 0) is 43.4 Å². The Hall–Kier alpha value is -3.79.